The zero-order chi connectivity index (χ0) is 18.6. The van der Waals surface area contributed by atoms with Crippen LogP contribution in [-0.4, -0.2) is 24.7 Å². The van der Waals surface area contributed by atoms with Crippen LogP contribution < -0.4 is 5.32 Å². The van der Waals surface area contributed by atoms with E-state index < -0.39 is 18.1 Å². The molecule has 9 heteroatoms. The minimum atomic E-state index is -5.05. The lowest BCUT2D eigenvalue weighted by molar-refractivity contribution is -0.167. The average Bonchev–Trinajstić information content (AvgIpc) is 2.96. The summed E-state index contributed by atoms with van der Waals surface area (Å²) in [7, 11) is 0. The van der Waals surface area contributed by atoms with Crippen molar-refractivity contribution in [1.29, 1.82) is 0 Å². The second kappa shape index (κ2) is 8.01. The Morgan fingerprint density at radius 3 is 2.44 bits per heavy atom. The molecule has 0 spiro atoms. The maximum absolute atomic E-state index is 12.5. The Hall–Kier alpha value is -1.87. The molecule has 0 aliphatic rings. The van der Waals surface area contributed by atoms with Crippen LogP contribution in [0.5, 0.6) is 0 Å². The molecule has 0 saturated heterocycles. The SMILES string of the molecule is CCCOC(=O)c1c(-c2ccc(Br)cc2)csc1NC(=O)C(F)(F)F. The fourth-order valence-electron chi connectivity index (χ4n) is 1.94. The fraction of sp³-hybridized carbons (Fsp3) is 0.250. The second-order valence-corrected chi connectivity index (χ2v) is 6.74. The molecular formula is C16H13BrF3NO3S. The van der Waals surface area contributed by atoms with Gasteiger partial charge in [0.05, 0.1) is 6.61 Å². The largest absolute Gasteiger partial charge is 0.471 e. The molecule has 0 aliphatic heterocycles. The lowest BCUT2D eigenvalue weighted by Crippen LogP contribution is -2.30. The first-order valence-electron chi connectivity index (χ1n) is 7.16. The Kier molecular flexibility index (Phi) is 6.23. The molecule has 0 fully saturated rings. The molecule has 0 aliphatic carbocycles. The summed E-state index contributed by atoms with van der Waals surface area (Å²) in [5.74, 6) is -2.92. The van der Waals surface area contributed by atoms with Crippen molar-refractivity contribution in [2.75, 3.05) is 11.9 Å². The summed E-state index contributed by atoms with van der Waals surface area (Å²) in [6, 6.07) is 6.89. The molecule has 1 amide bonds. The number of carbonyl (C=O) groups is 2. The summed E-state index contributed by atoms with van der Waals surface area (Å²) >= 11 is 4.13. The number of hydrogen-bond acceptors (Lipinski definition) is 4. The van der Waals surface area contributed by atoms with Gasteiger partial charge in [-0.3, -0.25) is 4.79 Å². The standard InChI is InChI=1S/C16H13BrF3NO3S/c1-2-7-24-14(22)12-11(9-3-5-10(17)6-4-9)8-25-13(12)21-15(23)16(18,19)20/h3-6,8H,2,7H2,1H3,(H,21,23). The lowest BCUT2D eigenvalue weighted by Gasteiger charge is -2.10. The number of nitrogens with one attached hydrogen (secondary N) is 1. The van der Waals surface area contributed by atoms with Crippen molar-refractivity contribution in [2.24, 2.45) is 0 Å². The third-order valence-electron chi connectivity index (χ3n) is 3.07. The first kappa shape index (κ1) is 19.5. The van der Waals surface area contributed by atoms with Gasteiger partial charge < -0.3 is 10.1 Å². The van der Waals surface area contributed by atoms with Crippen LogP contribution >= 0.6 is 27.3 Å². The van der Waals surface area contributed by atoms with Crippen molar-refractivity contribution < 1.29 is 27.5 Å². The smallest absolute Gasteiger partial charge is 0.462 e. The molecule has 25 heavy (non-hydrogen) atoms. The van der Waals surface area contributed by atoms with Gasteiger partial charge >= 0.3 is 18.1 Å². The van der Waals surface area contributed by atoms with Gasteiger partial charge in [0.15, 0.2) is 0 Å². The van der Waals surface area contributed by atoms with Crippen LogP contribution in [0.4, 0.5) is 18.2 Å². The number of alkyl halides is 3. The Bertz CT molecular complexity index is 772. The number of hydrogen-bond donors (Lipinski definition) is 1. The van der Waals surface area contributed by atoms with Crippen molar-refractivity contribution in [3.63, 3.8) is 0 Å². The second-order valence-electron chi connectivity index (χ2n) is 4.95. The van der Waals surface area contributed by atoms with E-state index >= 15 is 0 Å². The number of amides is 1. The highest BCUT2D eigenvalue weighted by Gasteiger charge is 2.40. The Balaban J connectivity index is 2.44. The highest BCUT2D eigenvalue weighted by molar-refractivity contribution is 9.10. The monoisotopic (exact) mass is 435 g/mol. The third kappa shape index (κ3) is 4.82. The average molecular weight is 436 g/mol. The van der Waals surface area contributed by atoms with Crippen molar-refractivity contribution in [3.8, 4) is 11.1 Å². The van der Waals surface area contributed by atoms with Crippen LogP contribution in [-0.2, 0) is 9.53 Å². The maximum atomic E-state index is 12.5. The maximum Gasteiger partial charge on any atom is 0.471 e. The molecular weight excluding hydrogens is 423 g/mol. The molecule has 2 aromatic rings. The molecule has 1 heterocycles. The number of esters is 1. The quantitative estimate of drug-likeness (QED) is 0.652. The van der Waals surface area contributed by atoms with E-state index in [-0.39, 0.29) is 17.2 Å². The predicted molar refractivity (Wildman–Crippen MR) is 92.7 cm³/mol. The molecule has 0 bridgehead atoms. The molecule has 134 valence electrons. The summed E-state index contributed by atoms with van der Waals surface area (Å²) in [5, 5.41) is 3.07. The molecule has 0 unspecified atom stereocenters. The summed E-state index contributed by atoms with van der Waals surface area (Å²) in [6.07, 6.45) is -4.49. The molecule has 0 atom stereocenters. The van der Waals surface area contributed by atoms with Crippen molar-refractivity contribution in [3.05, 3.63) is 39.7 Å². The summed E-state index contributed by atoms with van der Waals surface area (Å²) in [5.41, 5.74) is 0.935. The van der Waals surface area contributed by atoms with Crippen LogP contribution in [0.25, 0.3) is 11.1 Å². The van der Waals surface area contributed by atoms with Gasteiger partial charge in [-0.1, -0.05) is 35.0 Å². The Morgan fingerprint density at radius 1 is 1.24 bits per heavy atom. The van der Waals surface area contributed by atoms with E-state index in [1.165, 1.54) is 5.38 Å². The van der Waals surface area contributed by atoms with Crippen LogP contribution in [0.1, 0.15) is 23.7 Å². The van der Waals surface area contributed by atoms with E-state index in [4.69, 9.17) is 4.74 Å². The van der Waals surface area contributed by atoms with Crippen molar-refractivity contribution in [1.82, 2.24) is 0 Å². The van der Waals surface area contributed by atoms with E-state index in [1.807, 2.05) is 0 Å². The molecule has 1 aromatic carbocycles. The number of halogens is 4. The van der Waals surface area contributed by atoms with Gasteiger partial charge in [-0.05, 0) is 24.1 Å². The molecule has 4 nitrogen and oxygen atoms in total. The van der Waals surface area contributed by atoms with Gasteiger partial charge in [0.2, 0.25) is 0 Å². The zero-order valence-electron chi connectivity index (χ0n) is 12.9. The van der Waals surface area contributed by atoms with Gasteiger partial charge in [0, 0.05) is 15.4 Å². The Morgan fingerprint density at radius 2 is 1.88 bits per heavy atom. The van der Waals surface area contributed by atoms with Gasteiger partial charge in [0.1, 0.15) is 10.6 Å². The summed E-state index contributed by atoms with van der Waals surface area (Å²) < 4.78 is 43.4. The van der Waals surface area contributed by atoms with Gasteiger partial charge in [-0.25, -0.2) is 4.79 Å². The van der Waals surface area contributed by atoms with E-state index in [1.54, 1.807) is 36.5 Å². The van der Waals surface area contributed by atoms with E-state index in [0.29, 0.717) is 17.5 Å². The topological polar surface area (TPSA) is 55.4 Å². The highest BCUT2D eigenvalue weighted by atomic mass is 79.9. The molecule has 1 N–H and O–H groups in total. The minimum absolute atomic E-state index is 0.0848. The van der Waals surface area contributed by atoms with Gasteiger partial charge in [-0.15, -0.1) is 11.3 Å². The third-order valence-corrected chi connectivity index (χ3v) is 4.50. The van der Waals surface area contributed by atoms with Crippen LogP contribution in [0.3, 0.4) is 0 Å². The fourth-order valence-corrected chi connectivity index (χ4v) is 3.15. The van der Waals surface area contributed by atoms with Crippen LogP contribution in [0.2, 0.25) is 0 Å². The highest BCUT2D eigenvalue weighted by Crippen LogP contribution is 2.37. The first-order valence-corrected chi connectivity index (χ1v) is 8.84. The molecule has 0 radical (unpaired) electrons. The Labute approximate surface area is 154 Å². The number of rotatable bonds is 5. The number of carbonyl (C=O) groups excluding carboxylic acids is 2. The predicted octanol–water partition coefficient (Wildman–Crippen LogP) is 5.25. The van der Waals surface area contributed by atoms with Crippen molar-refractivity contribution >= 4 is 44.1 Å². The van der Waals surface area contributed by atoms with Gasteiger partial charge in [0.25, 0.3) is 0 Å². The van der Waals surface area contributed by atoms with E-state index in [0.717, 1.165) is 15.8 Å². The lowest BCUT2D eigenvalue weighted by atomic mass is 10.0. The van der Waals surface area contributed by atoms with Crippen LogP contribution in [0, 0.1) is 0 Å². The van der Waals surface area contributed by atoms with Crippen LogP contribution in [0.15, 0.2) is 34.1 Å². The molecule has 0 saturated carbocycles. The molecule has 1 aromatic heterocycles. The zero-order valence-corrected chi connectivity index (χ0v) is 15.3. The van der Waals surface area contributed by atoms with Crippen molar-refractivity contribution in [2.45, 2.75) is 19.5 Å². The minimum Gasteiger partial charge on any atom is -0.462 e. The van der Waals surface area contributed by atoms with E-state index in [2.05, 4.69) is 15.9 Å². The number of thiophene rings is 1. The van der Waals surface area contributed by atoms with E-state index in [9.17, 15) is 22.8 Å². The number of anilines is 1. The molecule has 2 rings (SSSR count). The first-order chi connectivity index (χ1) is 11.7. The number of ether oxygens (including phenoxy) is 1. The summed E-state index contributed by atoms with van der Waals surface area (Å²) in [6.45, 7) is 1.92. The normalized spacial score (nSPS) is 11.2. The summed E-state index contributed by atoms with van der Waals surface area (Å²) in [4.78, 5) is 23.5. The number of benzene rings is 1. The van der Waals surface area contributed by atoms with Gasteiger partial charge in [-0.2, -0.15) is 13.2 Å².